The number of aromatic nitrogens is 1. The van der Waals surface area contributed by atoms with Gasteiger partial charge < -0.3 is 20.1 Å². The van der Waals surface area contributed by atoms with Crippen molar-refractivity contribution in [3.63, 3.8) is 0 Å². The van der Waals surface area contributed by atoms with Crippen molar-refractivity contribution in [1.29, 1.82) is 0 Å². The fourth-order valence-corrected chi connectivity index (χ4v) is 6.03. The molecule has 1 aliphatic heterocycles. The van der Waals surface area contributed by atoms with Gasteiger partial charge in [0.2, 0.25) is 10.0 Å². The summed E-state index contributed by atoms with van der Waals surface area (Å²) in [7, 11) is -3.92. The van der Waals surface area contributed by atoms with Crippen LogP contribution in [0, 0.1) is 5.41 Å². The number of nitrogens with one attached hydrogen (secondary N) is 1. The SMILES string of the molecule is O=S1(=O)NC[C@H](O)CN(Cc2ccncc2Cl)CC2(COc3ccccc31)C[C@@H](O)[C@@H](O)C2. The molecular weight excluding hydrogens is 470 g/mol. The molecule has 1 spiro atoms. The van der Waals surface area contributed by atoms with Crippen molar-refractivity contribution in [3.05, 3.63) is 53.3 Å². The highest BCUT2D eigenvalue weighted by Crippen LogP contribution is 2.41. The molecule has 2 aromatic rings. The first-order valence-electron chi connectivity index (χ1n) is 10.7. The number of fused-ring (bicyclic) bond motifs is 1. The largest absolute Gasteiger partial charge is 0.492 e. The summed E-state index contributed by atoms with van der Waals surface area (Å²) in [5, 5.41) is 31.8. The Kier molecular flexibility index (Phi) is 7.25. The van der Waals surface area contributed by atoms with Crippen molar-refractivity contribution >= 4 is 21.6 Å². The molecule has 11 heteroatoms. The second kappa shape index (κ2) is 9.83. The molecule has 2 heterocycles. The summed E-state index contributed by atoms with van der Waals surface area (Å²) in [5.74, 6) is 0.180. The zero-order valence-corrected chi connectivity index (χ0v) is 19.5. The molecule has 1 saturated carbocycles. The van der Waals surface area contributed by atoms with Gasteiger partial charge in [0.05, 0.1) is 29.9 Å². The predicted molar refractivity (Wildman–Crippen MR) is 121 cm³/mol. The number of halogens is 1. The number of benzene rings is 1. The monoisotopic (exact) mass is 497 g/mol. The Morgan fingerprint density at radius 1 is 1.18 bits per heavy atom. The standard InChI is InChI=1S/C22H28ClN3O6S/c23-17-10-24-6-5-15(17)11-26-12-16(27)9-25-33(30,31)21-4-2-1-3-20(21)32-14-22(13-26)7-18(28)19(29)8-22/h1-6,10,16,18-19,25,27-29H,7-9,11-14H2/t16-,18-,19+,22?/m0/s1. The van der Waals surface area contributed by atoms with E-state index >= 15 is 0 Å². The molecule has 1 aromatic carbocycles. The molecule has 4 rings (SSSR count). The van der Waals surface area contributed by atoms with Gasteiger partial charge in [-0.3, -0.25) is 9.88 Å². The van der Waals surface area contributed by atoms with E-state index in [-0.39, 0.29) is 43.2 Å². The minimum atomic E-state index is -3.92. The number of β-amino-alcohol motifs (C(OH)–C–C–N with tert-alkyl or cyclic N) is 1. The highest BCUT2D eigenvalue weighted by molar-refractivity contribution is 7.89. The van der Waals surface area contributed by atoms with Crippen molar-refractivity contribution in [2.75, 3.05) is 26.2 Å². The van der Waals surface area contributed by atoms with Crippen LogP contribution >= 0.6 is 11.6 Å². The van der Waals surface area contributed by atoms with Gasteiger partial charge in [-0.15, -0.1) is 0 Å². The summed E-state index contributed by atoms with van der Waals surface area (Å²) in [6.45, 7) is 0.817. The van der Waals surface area contributed by atoms with E-state index in [1.54, 1.807) is 30.5 Å². The van der Waals surface area contributed by atoms with Crippen molar-refractivity contribution in [3.8, 4) is 5.75 Å². The number of aliphatic hydroxyl groups excluding tert-OH is 3. The van der Waals surface area contributed by atoms with Crippen LogP contribution in [-0.4, -0.2) is 78.2 Å². The number of para-hydroxylation sites is 1. The minimum Gasteiger partial charge on any atom is -0.492 e. The summed E-state index contributed by atoms with van der Waals surface area (Å²) >= 11 is 6.30. The van der Waals surface area contributed by atoms with E-state index in [1.165, 1.54) is 12.3 Å². The molecule has 1 aliphatic carbocycles. The molecule has 4 atom stereocenters. The van der Waals surface area contributed by atoms with Gasteiger partial charge in [0, 0.05) is 44.0 Å². The van der Waals surface area contributed by atoms with Crippen LogP contribution in [0.15, 0.2) is 47.6 Å². The predicted octanol–water partition coefficient (Wildman–Crippen LogP) is 0.771. The lowest BCUT2D eigenvalue weighted by atomic mass is 9.85. The summed E-state index contributed by atoms with van der Waals surface area (Å²) in [5.41, 5.74) is 0.133. The van der Waals surface area contributed by atoms with Crippen LogP contribution in [0.3, 0.4) is 0 Å². The third-order valence-corrected chi connectivity index (χ3v) is 7.99. The molecule has 9 nitrogen and oxygen atoms in total. The zero-order valence-electron chi connectivity index (χ0n) is 18.0. The number of rotatable bonds is 2. The normalized spacial score (nSPS) is 30.7. The highest BCUT2D eigenvalue weighted by Gasteiger charge is 2.46. The summed E-state index contributed by atoms with van der Waals surface area (Å²) in [4.78, 5) is 5.93. The van der Waals surface area contributed by atoms with E-state index in [0.29, 0.717) is 18.1 Å². The third-order valence-electron chi connectivity index (χ3n) is 6.19. The lowest BCUT2D eigenvalue weighted by Gasteiger charge is -2.37. The van der Waals surface area contributed by atoms with Crippen LogP contribution in [0.25, 0.3) is 0 Å². The topological polar surface area (TPSA) is 132 Å². The van der Waals surface area contributed by atoms with E-state index in [4.69, 9.17) is 16.3 Å². The van der Waals surface area contributed by atoms with E-state index in [9.17, 15) is 23.7 Å². The molecule has 1 aromatic heterocycles. The quantitative estimate of drug-likeness (QED) is 0.478. The molecule has 0 radical (unpaired) electrons. The molecule has 0 saturated heterocycles. The number of sulfonamides is 1. The molecular formula is C22H28ClN3O6S. The van der Waals surface area contributed by atoms with Crippen LogP contribution in [0.5, 0.6) is 5.75 Å². The number of pyridine rings is 1. The maximum Gasteiger partial charge on any atom is 0.244 e. The lowest BCUT2D eigenvalue weighted by molar-refractivity contribution is 0.0427. The smallest absolute Gasteiger partial charge is 0.244 e. The fraction of sp³-hybridized carbons (Fsp3) is 0.500. The second-order valence-corrected chi connectivity index (χ2v) is 11.1. The number of nitrogens with zero attached hydrogens (tertiary/aromatic N) is 2. The van der Waals surface area contributed by atoms with Gasteiger partial charge >= 0.3 is 0 Å². The van der Waals surface area contributed by atoms with Crippen molar-refractivity contribution in [2.24, 2.45) is 5.41 Å². The molecule has 180 valence electrons. The maximum atomic E-state index is 12.9. The fourth-order valence-electron chi connectivity index (χ4n) is 4.64. The van der Waals surface area contributed by atoms with E-state index in [1.807, 2.05) is 4.90 Å². The maximum absolute atomic E-state index is 12.9. The number of hydrogen-bond donors (Lipinski definition) is 4. The molecule has 1 fully saturated rings. The van der Waals surface area contributed by atoms with Crippen LogP contribution in [0.4, 0.5) is 0 Å². The Labute approximate surface area is 198 Å². The Morgan fingerprint density at radius 2 is 1.91 bits per heavy atom. The number of aliphatic hydroxyl groups is 3. The van der Waals surface area contributed by atoms with Crippen molar-refractivity contribution in [2.45, 2.75) is 42.6 Å². The van der Waals surface area contributed by atoms with Gasteiger partial charge in [-0.2, -0.15) is 0 Å². The van der Waals surface area contributed by atoms with Gasteiger partial charge in [0.25, 0.3) is 0 Å². The molecule has 0 amide bonds. The molecule has 1 unspecified atom stereocenters. The van der Waals surface area contributed by atoms with Crippen LogP contribution in [-0.2, 0) is 16.6 Å². The van der Waals surface area contributed by atoms with E-state index < -0.39 is 33.8 Å². The van der Waals surface area contributed by atoms with Crippen LogP contribution in [0.2, 0.25) is 5.02 Å². The first kappa shape index (κ1) is 24.3. The molecule has 0 bridgehead atoms. The third kappa shape index (κ3) is 5.65. The first-order chi connectivity index (χ1) is 15.7. The Balaban J connectivity index is 1.69. The van der Waals surface area contributed by atoms with Crippen LogP contribution < -0.4 is 9.46 Å². The lowest BCUT2D eigenvalue weighted by Crippen LogP contribution is -2.46. The van der Waals surface area contributed by atoms with E-state index in [2.05, 4.69) is 9.71 Å². The minimum absolute atomic E-state index is 0.0209. The summed E-state index contributed by atoms with van der Waals surface area (Å²) in [6.07, 6.45) is 0.881. The van der Waals surface area contributed by atoms with Gasteiger partial charge in [0.15, 0.2) is 0 Å². The Morgan fingerprint density at radius 3 is 2.64 bits per heavy atom. The van der Waals surface area contributed by atoms with Gasteiger partial charge in [-0.1, -0.05) is 23.7 Å². The molecule has 4 N–H and O–H groups in total. The Bertz CT molecular complexity index is 1080. The highest BCUT2D eigenvalue weighted by atomic mass is 35.5. The number of ether oxygens (including phenoxy) is 1. The van der Waals surface area contributed by atoms with Gasteiger partial charge in [0.1, 0.15) is 10.6 Å². The second-order valence-electron chi connectivity index (χ2n) is 8.92. The summed E-state index contributed by atoms with van der Waals surface area (Å²) < 4.78 is 34.2. The summed E-state index contributed by atoms with van der Waals surface area (Å²) in [6, 6.07) is 8.07. The first-order valence-corrected chi connectivity index (χ1v) is 12.6. The van der Waals surface area contributed by atoms with Crippen LogP contribution in [0.1, 0.15) is 18.4 Å². The van der Waals surface area contributed by atoms with Crippen molar-refractivity contribution in [1.82, 2.24) is 14.6 Å². The van der Waals surface area contributed by atoms with Gasteiger partial charge in [-0.05, 0) is 36.6 Å². The van der Waals surface area contributed by atoms with E-state index in [0.717, 1.165) is 5.56 Å². The zero-order chi connectivity index (χ0) is 23.6. The average Bonchev–Trinajstić information content (AvgIpc) is 3.05. The molecule has 2 aliphatic rings. The molecule has 33 heavy (non-hydrogen) atoms. The average molecular weight is 498 g/mol. The van der Waals surface area contributed by atoms with Gasteiger partial charge in [-0.25, -0.2) is 13.1 Å². The van der Waals surface area contributed by atoms with Crippen molar-refractivity contribution < 1.29 is 28.5 Å². The number of hydrogen-bond acceptors (Lipinski definition) is 8. The Hall–Kier alpha value is -1.79.